The van der Waals surface area contributed by atoms with Gasteiger partial charge in [0, 0.05) is 19.8 Å². The van der Waals surface area contributed by atoms with Gasteiger partial charge in [-0.25, -0.2) is 0 Å². The second-order valence-electron chi connectivity index (χ2n) is 4.77. The molecule has 0 amide bonds. The van der Waals surface area contributed by atoms with Gasteiger partial charge in [-0.2, -0.15) is 0 Å². The summed E-state index contributed by atoms with van der Waals surface area (Å²) in [5.74, 6) is 1.69. The van der Waals surface area contributed by atoms with Gasteiger partial charge in [0.25, 0.3) is 0 Å². The highest BCUT2D eigenvalue weighted by atomic mass is 16.7. The summed E-state index contributed by atoms with van der Waals surface area (Å²) >= 11 is 0. The van der Waals surface area contributed by atoms with Crippen molar-refractivity contribution < 1.29 is 18.9 Å². The fourth-order valence-electron chi connectivity index (χ4n) is 2.23. The van der Waals surface area contributed by atoms with Gasteiger partial charge in [0.2, 0.25) is 0 Å². The van der Waals surface area contributed by atoms with E-state index in [-0.39, 0.29) is 6.29 Å². The van der Waals surface area contributed by atoms with Gasteiger partial charge in [-0.15, -0.1) is 0 Å². The zero-order chi connectivity index (χ0) is 14.9. The highest BCUT2D eigenvalue weighted by molar-refractivity contribution is 5.43. The van der Waals surface area contributed by atoms with Crippen LogP contribution in [0, 0.1) is 0 Å². The van der Waals surface area contributed by atoms with Gasteiger partial charge in [0.15, 0.2) is 17.8 Å². The standard InChI is InChI=1S/C16H25NO4/c1-3-18-16(19-4-2)12-17-8-7-13-5-6-14-15(11-13)21-10-9-20-14/h5-6,11,16-17H,3-4,7-10,12H2,1-2H3. The molecule has 0 aliphatic carbocycles. The highest BCUT2D eigenvalue weighted by Gasteiger charge is 2.11. The number of benzene rings is 1. The number of ether oxygens (including phenoxy) is 4. The van der Waals surface area contributed by atoms with Crippen LogP contribution in [0.5, 0.6) is 11.5 Å². The summed E-state index contributed by atoms with van der Waals surface area (Å²) in [7, 11) is 0. The van der Waals surface area contributed by atoms with Crippen molar-refractivity contribution in [1.29, 1.82) is 0 Å². The van der Waals surface area contributed by atoms with E-state index in [9.17, 15) is 0 Å². The Bertz CT molecular complexity index is 419. The molecule has 0 atom stereocenters. The lowest BCUT2D eigenvalue weighted by molar-refractivity contribution is -0.132. The number of hydrogen-bond donors (Lipinski definition) is 1. The lowest BCUT2D eigenvalue weighted by Crippen LogP contribution is -2.32. The van der Waals surface area contributed by atoms with Crippen LogP contribution in [0.1, 0.15) is 19.4 Å². The Labute approximate surface area is 126 Å². The third kappa shape index (κ3) is 5.19. The maximum absolute atomic E-state index is 5.59. The first-order valence-corrected chi connectivity index (χ1v) is 7.66. The molecule has 0 radical (unpaired) electrons. The molecule has 21 heavy (non-hydrogen) atoms. The predicted molar refractivity (Wildman–Crippen MR) is 81.0 cm³/mol. The largest absolute Gasteiger partial charge is 0.486 e. The van der Waals surface area contributed by atoms with Crippen molar-refractivity contribution in [3.8, 4) is 11.5 Å². The second kappa shape index (κ2) is 8.87. The lowest BCUT2D eigenvalue weighted by atomic mass is 10.1. The van der Waals surface area contributed by atoms with Gasteiger partial charge >= 0.3 is 0 Å². The number of hydrogen-bond acceptors (Lipinski definition) is 5. The summed E-state index contributed by atoms with van der Waals surface area (Å²) in [6, 6.07) is 6.11. The van der Waals surface area contributed by atoms with Crippen LogP contribution in [0.3, 0.4) is 0 Å². The summed E-state index contributed by atoms with van der Waals surface area (Å²) in [5.41, 5.74) is 1.23. The quantitative estimate of drug-likeness (QED) is 0.558. The van der Waals surface area contributed by atoms with Crippen LogP contribution in [-0.4, -0.2) is 45.8 Å². The van der Waals surface area contributed by atoms with Crippen LogP contribution in [0.4, 0.5) is 0 Å². The Morgan fingerprint density at radius 3 is 2.52 bits per heavy atom. The maximum Gasteiger partial charge on any atom is 0.169 e. The summed E-state index contributed by atoms with van der Waals surface area (Å²) in [4.78, 5) is 0. The molecule has 5 nitrogen and oxygen atoms in total. The van der Waals surface area contributed by atoms with E-state index in [2.05, 4.69) is 17.4 Å². The molecule has 1 aliphatic heterocycles. The molecule has 0 saturated heterocycles. The first-order valence-electron chi connectivity index (χ1n) is 7.66. The molecule has 0 bridgehead atoms. The molecule has 0 fully saturated rings. The molecule has 1 aromatic rings. The van der Waals surface area contributed by atoms with Crippen molar-refractivity contribution in [3.63, 3.8) is 0 Å². The van der Waals surface area contributed by atoms with Crippen LogP contribution in [0.2, 0.25) is 0 Å². The number of fused-ring (bicyclic) bond motifs is 1. The van der Waals surface area contributed by atoms with Gasteiger partial charge in [-0.05, 0) is 44.5 Å². The van der Waals surface area contributed by atoms with Crippen LogP contribution in [0.25, 0.3) is 0 Å². The zero-order valence-electron chi connectivity index (χ0n) is 12.9. The first-order chi connectivity index (χ1) is 10.3. The molecule has 0 saturated carbocycles. The molecule has 118 valence electrons. The third-order valence-electron chi connectivity index (χ3n) is 3.21. The average Bonchev–Trinajstić information content (AvgIpc) is 2.52. The normalized spacial score (nSPS) is 13.7. The van der Waals surface area contributed by atoms with Crippen molar-refractivity contribution in [2.75, 3.05) is 39.5 Å². The molecule has 1 heterocycles. The Morgan fingerprint density at radius 1 is 1.10 bits per heavy atom. The van der Waals surface area contributed by atoms with E-state index in [0.29, 0.717) is 33.0 Å². The van der Waals surface area contributed by atoms with Crippen LogP contribution in [-0.2, 0) is 15.9 Å². The van der Waals surface area contributed by atoms with E-state index in [1.54, 1.807) is 0 Å². The van der Waals surface area contributed by atoms with Gasteiger partial charge in [0.1, 0.15) is 13.2 Å². The second-order valence-corrected chi connectivity index (χ2v) is 4.77. The minimum atomic E-state index is -0.166. The molecule has 2 rings (SSSR count). The highest BCUT2D eigenvalue weighted by Crippen LogP contribution is 2.30. The van der Waals surface area contributed by atoms with E-state index in [4.69, 9.17) is 18.9 Å². The van der Waals surface area contributed by atoms with Gasteiger partial charge in [-0.1, -0.05) is 6.07 Å². The number of nitrogens with one attached hydrogen (secondary N) is 1. The molecular weight excluding hydrogens is 270 g/mol. The summed E-state index contributed by atoms with van der Waals surface area (Å²) in [6.07, 6.45) is 0.766. The fourth-order valence-corrected chi connectivity index (χ4v) is 2.23. The van der Waals surface area contributed by atoms with Gasteiger partial charge < -0.3 is 24.3 Å². The summed E-state index contributed by atoms with van der Waals surface area (Å²) < 4.78 is 22.1. The Balaban J connectivity index is 1.73. The van der Waals surface area contributed by atoms with Crippen molar-refractivity contribution in [1.82, 2.24) is 5.32 Å². The molecule has 1 aliphatic rings. The smallest absolute Gasteiger partial charge is 0.169 e. The van der Waals surface area contributed by atoms with E-state index in [1.165, 1.54) is 5.56 Å². The molecule has 0 aromatic heterocycles. The van der Waals surface area contributed by atoms with Crippen LogP contribution >= 0.6 is 0 Å². The van der Waals surface area contributed by atoms with Crippen LogP contribution in [0.15, 0.2) is 18.2 Å². The van der Waals surface area contributed by atoms with E-state index < -0.39 is 0 Å². The van der Waals surface area contributed by atoms with Crippen LogP contribution < -0.4 is 14.8 Å². The lowest BCUT2D eigenvalue weighted by Gasteiger charge is -2.19. The average molecular weight is 295 g/mol. The summed E-state index contributed by atoms with van der Waals surface area (Å²) in [6.45, 7) is 8.09. The van der Waals surface area contributed by atoms with E-state index >= 15 is 0 Å². The molecule has 5 heteroatoms. The van der Waals surface area contributed by atoms with Crippen molar-refractivity contribution >= 4 is 0 Å². The Hall–Kier alpha value is -1.30. The molecule has 1 aromatic carbocycles. The van der Waals surface area contributed by atoms with Gasteiger partial charge in [0.05, 0.1) is 0 Å². The third-order valence-corrected chi connectivity index (χ3v) is 3.21. The molecule has 1 N–H and O–H groups in total. The van der Waals surface area contributed by atoms with Crippen molar-refractivity contribution in [3.05, 3.63) is 23.8 Å². The van der Waals surface area contributed by atoms with E-state index in [0.717, 1.165) is 24.5 Å². The molecule has 0 spiro atoms. The SMILES string of the molecule is CCOC(CNCCc1ccc2c(c1)OCCO2)OCC. The zero-order valence-corrected chi connectivity index (χ0v) is 12.9. The Morgan fingerprint density at radius 2 is 1.81 bits per heavy atom. The van der Waals surface area contributed by atoms with Gasteiger partial charge in [-0.3, -0.25) is 0 Å². The maximum atomic E-state index is 5.59. The predicted octanol–water partition coefficient (Wildman–Crippen LogP) is 1.99. The molecular formula is C16H25NO4. The topological polar surface area (TPSA) is 49.0 Å². The molecule has 0 unspecified atom stereocenters. The Kier molecular flexibility index (Phi) is 6.79. The number of rotatable bonds is 9. The van der Waals surface area contributed by atoms with Crippen molar-refractivity contribution in [2.24, 2.45) is 0 Å². The van der Waals surface area contributed by atoms with Crippen molar-refractivity contribution in [2.45, 2.75) is 26.6 Å². The minimum absolute atomic E-state index is 0.166. The fraction of sp³-hybridized carbons (Fsp3) is 0.625. The first kappa shape index (κ1) is 16.1. The minimum Gasteiger partial charge on any atom is -0.486 e. The van der Waals surface area contributed by atoms with E-state index in [1.807, 2.05) is 19.9 Å². The summed E-state index contributed by atoms with van der Waals surface area (Å²) in [5, 5.41) is 3.36. The monoisotopic (exact) mass is 295 g/mol.